The van der Waals surface area contributed by atoms with E-state index in [0.717, 1.165) is 16.5 Å². The van der Waals surface area contributed by atoms with Gasteiger partial charge in [0.15, 0.2) is 5.78 Å². The van der Waals surface area contributed by atoms with Gasteiger partial charge in [-0.2, -0.15) is 0 Å². The number of nitrogens with zero attached hydrogens (tertiary/aromatic N) is 1. The lowest BCUT2D eigenvalue weighted by Crippen LogP contribution is -2.25. The highest BCUT2D eigenvalue weighted by atomic mass is 79.9. The third-order valence-corrected chi connectivity index (χ3v) is 6.61. The second kappa shape index (κ2) is 9.05. The summed E-state index contributed by atoms with van der Waals surface area (Å²) >= 11 is 3.74. The maximum Gasteiger partial charge on any atom is 0.168 e. The first kappa shape index (κ1) is 21.7. The van der Waals surface area contributed by atoms with Gasteiger partial charge in [-0.1, -0.05) is 34.4 Å². The lowest BCUT2D eigenvalue weighted by molar-refractivity contribution is -0.116. The molecule has 0 saturated heterocycles. The molecule has 0 heterocycles. The zero-order valence-corrected chi connectivity index (χ0v) is 18.8. The second-order valence-electron chi connectivity index (χ2n) is 7.28. The maximum atomic E-state index is 13.0. The van der Waals surface area contributed by atoms with Crippen LogP contribution in [0.3, 0.4) is 0 Å². The third kappa shape index (κ3) is 4.29. The summed E-state index contributed by atoms with van der Waals surface area (Å²) in [5.41, 5.74) is 6.95. The Bertz CT molecular complexity index is 779. The fourth-order valence-corrected chi connectivity index (χ4v) is 4.72. The number of carbonyl (C=O) groups excluding carboxylic acids is 1. The monoisotopic (exact) mass is 435 g/mol. The molecule has 1 unspecified atom stereocenters. The Labute approximate surface area is 170 Å². The fraction of sp³-hybridized carbons (Fsp3) is 0.545. The van der Waals surface area contributed by atoms with Crippen LogP contribution in [-0.4, -0.2) is 23.2 Å². The average Bonchev–Trinajstić information content (AvgIpc) is 2.62. The van der Waals surface area contributed by atoms with Gasteiger partial charge >= 0.3 is 0 Å². The Balaban J connectivity index is 2.48. The minimum Gasteiger partial charge on any atom is -0.511 e. The van der Waals surface area contributed by atoms with E-state index in [9.17, 15) is 9.90 Å². The molecule has 1 N–H and O–H groups in total. The van der Waals surface area contributed by atoms with Crippen molar-refractivity contribution in [1.82, 2.24) is 0 Å². The largest absolute Gasteiger partial charge is 0.511 e. The van der Waals surface area contributed by atoms with E-state index in [1.165, 1.54) is 22.3 Å². The van der Waals surface area contributed by atoms with Crippen molar-refractivity contribution >= 4 is 27.4 Å². The Kier molecular flexibility index (Phi) is 7.26. The van der Waals surface area contributed by atoms with Crippen LogP contribution in [0.2, 0.25) is 0 Å². The molecule has 0 spiro atoms. The van der Waals surface area contributed by atoms with Gasteiger partial charge in [0.2, 0.25) is 0 Å². The molecule has 1 aliphatic carbocycles. The molecule has 1 aromatic carbocycles. The molecule has 4 nitrogen and oxygen atoms in total. The van der Waals surface area contributed by atoms with E-state index in [0.29, 0.717) is 37.2 Å². The number of rotatable bonds is 6. The van der Waals surface area contributed by atoms with Gasteiger partial charge in [-0.05, 0) is 74.8 Å². The van der Waals surface area contributed by atoms with Crippen molar-refractivity contribution in [1.29, 1.82) is 0 Å². The van der Waals surface area contributed by atoms with Gasteiger partial charge in [-0.25, -0.2) is 0 Å². The molecule has 0 aliphatic heterocycles. The molecule has 0 aromatic heterocycles. The maximum absolute atomic E-state index is 13.0. The number of halogens is 1. The predicted molar refractivity (Wildman–Crippen MR) is 114 cm³/mol. The SMILES string of the molecule is CCC/C(=N\OCC)C1=C(O)CC(c2c(C)c(C)c(C)c(C)c2Br)CC1=O. The highest BCUT2D eigenvalue weighted by Gasteiger charge is 2.33. The molecule has 1 atom stereocenters. The molecule has 0 amide bonds. The lowest BCUT2D eigenvalue weighted by atomic mass is 9.77. The zero-order valence-electron chi connectivity index (χ0n) is 17.2. The van der Waals surface area contributed by atoms with E-state index in [1.54, 1.807) is 0 Å². The van der Waals surface area contributed by atoms with E-state index in [-0.39, 0.29) is 17.5 Å². The van der Waals surface area contributed by atoms with E-state index in [1.807, 2.05) is 13.8 Å². The van der Waals surface area contributed by atoms with Crippen LogP contribution in [0.1, 0.15) is 73.3 Å². The number of oxime groups is 1. The Morgan fingerprint density at radius 3 is 2.30 bits per heavy atom. The molecule has 0 fully saturated rings. The number of ketones is 1. The summed E-state index contributed by atoms with van der Waals surface area (Å²) in [6.45, 7) is 12.7. The van der Waals surface area contributed by atoms with Crippen LogP contribution in [0.15, 0.2) is 21.0 Å². The van der Waals surface area contributed by atoms with Crippen molar-refractivity contribution in [3.05, 3.63) is 43.6 Å². The van der Waals surface area contributed by atoms with Crippen molar-refractivity contribution in [2.45, 2.75) is 73.1 Å². The minimum atomic E-state index is -0.0576. The predicted octanol–water partition coefficient (Wildman–Crippen LogP) is 6.13. The number of hydrogen-bond donors (Lipinski definition) is 1. The topological polar surface area (TPSA) is 58.9 Å². The van der Waals surface area contributed by atoms with Crippen molar-refractivity contribution in [3.8, 4) is 0 Å². The number of Topliss-reactive ketones (excluding diaryl/α,β-unsaturated/α-hetero) is 1. The first-order valence-corrected chi connectivity index (χ1v) is 10.4. The number of aliphatic hydroxyl groups excluding tert-OH is 1. The van der Waals surface area contributed by atoms with Gasteiger partial charge in [0.1, 0.15) is 12.4 Å². The Hall–Kier alpha value is -1.62. The summed E-state index contributed by atoms with van der Waals surface area (Å²) in [4.78, 5) is 18.1. The standard InChI is InChI=1S/C22H30BrNO3/c1-7-9-17(24-27-8-2)21-18(25)10-16(11-19(21)26)20-14(5)12(3)13(4)15(6)22(20)23/h16,25H,7-11H2,1-6H3/b24-17+. The van der Waals surface area contributed by atoms with Gasteiger partial charge in [-0.15, -0.1) is 0 Å². The second-order valence-corrected chi connectivity index (χ2v) is 8.08. The molecule has 0 saturated carbocycles. The number of aliphatic hydroxyl groups is 1. The molecule has 0 radical (unpaired) electrons. The minimum absolute atomic E-state index is 0.0383. The molecule has 5 heteroatoms. The normalized spacial score (nSPS) is 18.3. The van der Waals surface area contributed by atoms with Crippen LogP contribution in [-0.2, 0) is 9.63 Å². The van der Waals surface area contributed by atoms with Crippen LogP contribution >= 0.6 is 15.9 Å². The average molecular weight is 436 g/mol. The summed E-state index contributed by atoms with van der Waals surface area (Å²) in [6, 6.07) is 0. The van der Waals surface area contributed by atoms with Crippen LogP contribution in [0.4, 0.5) is 0 Å². The molecule has 1 aliphatic rings. The quantitative estimate of drug-likeness (QED) is 0.431. The smallest absolute Gasteiger partial charge is 0.168 e. The first-order chi connectivity index (χ1) is 12.7. The summed E-state index contributed by atoms with van der Waals surface area (Å²) < 4.78 is 1.05. The zero-order chi connectivity index (χ0) is 20.3. The fourth-order valence-electron chi connectivity index (χ4n) is 3.80. The van der Waals surface area contributed by atoms with E-state index < -0.39 is 0 Å². The molecular formula is C22H30BrNO3. The van der Waals surface area contributed by atoms with Crippen LogP contribution in [0.25, 0.3) is 0 Å². The lowest BCUT2D eigenvalue weighted by Gasteiger charge is -2.28. The van der Waals surface area contributed by atoms with Crippen LogP contribution < -0.4 is 0 Å². The molecule has 2 rings (SSSR count). The summed E-state index contributed by atoms with van der Waals surface area (Å²) in [6.07, 6.45) is 2.26. The number of carbonyl (C=O) groups is 1. The first-order valence-electron chi connectivity index (χ1n) is 9.64. The van der Waals surface area contributed by atoms with E-state index in [4.69, 9.17) is 4.84 Å². The Morgan fingerprint density at radius 1 is 1.11 bits per heavy atom. The number of benzene rings is 1. The van der Waals surface area contributed by atoms with Crippen molar-refractivity contribution in [3.63, 3.8) is 0 Å². The number of hydrogen-bond acceptors (Lipinski definition) is 4. The van der Waals surface area contributed by atoms with Crippen LogP contribution in [0, 0.1) is 27.7 Å². The Morgan fingerprint density at radius 2 is 1.74 bits per heavy atom. The highest BCUT2D eigenvalue weighted by Crippen LogP contribution is 2.42. The van der Waals surface area contributed by atoms with E-state index >= 15 is 0 Å². The molecule has 148 valence electrons. The third-order valence-electron chi connectivity index (χ3n) is 5.58. The van der Waals surface area contributed by atoms with Crippen molar-refractivity contribution < 1.29 is 14.7 Å². The number of allylic oxidation sites excluding steroid dienone is 2. The summed E-state index contributed by atoms with van der Waals surface area (Å²) in [5, 5.41) is 14.8. The molecule has 27 heavy (non-hydrogen) atoms. The van der Waals surface area contributed by atoms with Crippen molar-refractivity contribution in [2.24, 2.45) is 5.16 Å². The molecule has 1 aromatic rings. The molecular weight excluding hydrogens is 406 g/mol. The highest BCUT2D eigenvalue weighted by molar-refractivity contribution is 9.10. The van der Waals surface area contributed by atoms with Gasteiger partial charge in [-0.3, -0.25) is 4.79 Å². The summed E-state index contributed by atoms with van der Waals surface area (Å²) in [5.74, 6) is 0.0340. The van der Waals surface area contributed by atoms with E-state index in [2.05, 4.69) is 48.8 Å². The summed E-state index contributed by atoms with van der Waals surface area (Å²) in [7, 11) is 0. The van der Waals surface area contributed by atoms with Gasteiger partial charge < -0.3 is 9.94 Å². The van der Waals surface area contributed by atoms with Gasteiger partial charge in [0.25, 0.3) is 0 Å². The van der Waals surface area contributed by atoms with Crippen LogP contribution in [0.5, 0.6) is 0 Å². The van der Waals surface area contributed by atoms with Gasteiger partial charge in [0, 0.05) is 17.3 Å². The van der Waals surface area contributed by atoms with Crippen molar-refractivity contribution in [2.75, 3.05) is 6.61 Å². The molecule has 0 bridgehead atoms. The van der Waals surface area contributed by atoms with Gasteiger partial charge in [0.05, 0.1) is 11.3 Å².